The van der Waals surface area contributed by atoms with Gasteiger partial charge in [-0.2, -0.15) is 0 Å². The van der Waals surface area contributed by atoms with Crippen molar-refractivity contribution < 1.29 is 9.18 Å². The summed E-state index contributed by atoms with van der Waals surface area (Å²) in [5.41, 5.74) is 4.06. The van der Waals surface area contributed by atoms with Gasteiger partial charge in [0.2, 0.25) is 0 Å². The average Bonchev–Trinajstić information content (AvgIpc) is 3.15. The van der Waals surface area contributed by atoms with Crippen molar-refractivity contribution in [2.75, 3.05) is 13.1 Å². The van der Waals surface area contributed by atoms with Crippen molar-refractivity contribution in [3.05, 3.63) is 65.4 Å². The fraction of sp³-hybridized carbons (Fsp3) is 0.200. The number of carbonyl (C=O) groups is 1. The molecule has 1 fully saturated rings. The molecule has 1 aliphatic rings. The molecule has 2 aromatic heterocycles. The largest absolute Gasteiger partial charge is 0.350 e. The number of para-hydroxylation sites is 2. The Bertz CT molecular complexity index is 1120. The second-order valence-electron chi connectivity index (χ2n) is 6.86. The van der Waals surface area contributed by atoms with Gasteiger partial charge in [-0.05, 0) is 42.8 Å². The lowest BCUT2D eigenvalue weighted by Crippen LogP contribution is -2.49. The molecule has 2 aromatic carbocycles. The number of aromatic nitrogens is 3. The molecule has 0 atom stereocenters. The van der Waals surface area contributed by atoms with Crippen LogP contribution in [0.25, 0.3) is 21.9 Å². The van der Waals surface area contributed by atoms with Crippen LogP contribution in [0.1, 0.15) is 27.8 Å². The van der Waals surface area contributed by atoms with E-state index in [0.29, 0.717) is 18.8 Å². The van der Waals surface area contributed by atoms with Gasteiger partial charge in [0.25, 0.3) is 5.91 Å². The fourth-order valence-electron chi connectivity index (χ4n) is 3.65. The predicted octanol–water partition coefficient (Wildman–Crippen LogP) is 3.73. The van der Waals surface area contributed by atoms with Gasteiger partial charge < -0.3 is 14.9 Å². The number of hydrogen-bond donors (Lipinski definition) is 2. The number of halogens is 1. The standard InChI is InChI=1S/C20H17FN4O/c1-11-14-8-13(21)6-7-15(14)22-18(11)20(26)25-9-12(10-25)19-23-16-4-2-3-5-17(16)24-19/h2-8,12,22H,9-10H2,1H3,(H,23,24). The number of nitrogens with zero attached hydrogens (tertiary/aromatic N) is 2. The monoisotopic (exact) mass is 348 g/mol. The Morgan fingerprint density at radius 2 is 1.96 bits per heavy atom. The molecular weight excluding hydrogens is 331 g/mol. The van der Waals surface area contributed by atoms with Crippen LogP contribution in [0.15, 0.2) is 42.5 Å². The second-order valence-corrected chi connectivity index (χ2v) is 6.86. The molecule has 0 aliphatic carbocycles. The number of aryl methyl sites for hydroxylation is 1. The van der Waals surface area contributed by atoms with Crippen LogP contribution in [0.4, 0.5) is 4.39 Å². The summed E-state index contributed by atoms with van der Waals surface area (Å²) in [5, 5.41) is 0.753. The number of likely N-dealkylation sites (tertiary alicyclic amines) is 1. The Morgan fingerprint density at radius 1 is 1.15 bits per heavy atom. The molecule has 6 heteroatoms. The summed E-state index contributed by atoms with van der Waals surface area (Å²) in [5.74, 6) is 0.790. The summed E-state index contributed by atoms with van der Waals surface area (Å²) in [6.07, 6.45) is 0. The first-order chi connectivity index (χ1) is 12.6. The van der Waals surface area contributed by atoms with E-state index in [0.717, 1.165) is 33.3 Å². The highest BCUT2D eigenvalue weighted by atomic mass is 19.1. The Hall–Kier alpha value is -3.15. The van der Waals surface area contributed by atoms with Crippen molar-refractivity contribution >= 4 is 27.8 Å². The number of hydrogen-bond acceptors (Lipinski definition) is 2. The minimum atomic E-state index is -0.299. The van der Waals surface area contributed by atoms with Crippen LogP contribution in [-0.4, -0.2) is 38.8 Å². The van der Waals surface area contributed by atoms with Crippen LogP contribution in [0.2, 0.25) is 0 Å². The molecule has 2 N–H and O–H groups in total. The molecule has 1 aliphatic heterocycles. The SMILES string of the molecule is Cc1c(C(=O)N2CC(c3nc4ccccc4[nH]3)C2)[nH]c2ccc(F)cc12. The average molecular weight is 348 g/mol. The van der Waals surface area contributed by atoms with Gasteiger partial charge in [0, 0.05) is 24.0 Å². The number of benzene rings is 2. The maximum Gasteiger partial charge on any atom is 0.270 e. The van der Waals surface area contributed by atoms with Crippen LogP contribution >= 0.6 is 0 Å². The number of imidazole rings is 1. The third-order valence-electron chi connectivity index (χ3n) is 5.20. The molecule has 26 heavy (non-hydrogen) atoms. The highest BCUT2D eigenvalue weighted by molar-refractivity contribution is 6.01. The summed E-state index contributed by atoms with van der Waals surface area (Å²) >= 11 is 0. The Morgan fingerprint density at radius 3 is 2.77 bits per heavy atom. The van der Waals surface area contributed by atoms with E-state index in [4.69, 9.17) is 0 Å². The quantitative estimate of drug-likeness (QED) is 0.580. The van der Waals surface area contributed by atoms with Crippen molar-refractivity contribution in [3.63, 3.8) is 0 Å². The minimum Gasteiger partial charge on any atom is -0.350 e. The molecule has 0 radical (unpaired) electrons. The number of amides is 1. The summed E-state index contributed by atoms with van der Waals surface area (Å²) < 4.78 is 13.5. The van der Waals surface area contributed by atoms with Crippen molar-refractivity contribution in [2.24, 2.45) is 0 Å². The number of aromatic amines is 2. The van der Waals surface area contributed by atoms with Crippen LogP contribution in [0.3, 0.4) is 0 Å². The normalized spacial score (nSPS) is 14.9. The molecule has 0 bridgehead atoms. The number of carbonyl (C=O) groups excluding carboxylic acids is 1. The third kappa shape index (κ3) is 2.22. The summed E-state index contributed by atoms with van der Waals surface area (Å²) in [4.78, 5) is 25.7. The maximum atomic E-state index is 13.5. The predicted molar refractivity (Wildman–Crippen MR) is 97.7 cm³/mol. The third-order valence-corrected chi connectivity index (χ3v) is 5.20. The summed E-state index contributed by atoms with van der Waals surface area (Å²) in [6.45, 7) is 3.10. The first-order valence-corrected chi connectivity index (χ1v) is 8.62. The van der Waals surface area contributed by atoms with Crippen LogP contribution < -0.4 is 0 Å². The molecule has 130 valence electrons. The maximum absolute atomic E-state index is 13.5. The van der Waals surface area contributed by atoms with E-state index < -0.39 is 0 Å². The molecule has 1 saturated heterocycles. The molecular formula is C20H17FN4O. The number of H-pyrrole nitrogens is 2. The number of fused-ring (bicyclic) bond motifs is 2. The zero-order valence-electron chi connectivity index (χ0n) is 14.2. The topological polar surface area (TPSA) is 64.8 Å². The zero-order chi connectivity index (χ0) is 17.8. The number of nitrogens with one attached hydrogen (secondary N) is 2. The Balaban J connectivity index is 1.37. The summed E-state index contributed by atoms with van der Waals surface area (Å²) in [6, 6.07) is 12.4. The smallest absolute Gasteiger partial charge is 0.270 e. The number of rotatable bonds is 2. The van der Waals surface area contributed by atoms with Gasteiger partial charge in [-0.1, -0.05) is 12.1 Å². The highest BCUT2D eigenvalue weighted by Crippen LogP contribution is 2.30. The lowest BCUT2D eigenvalue weighted by Gasteiger charge is -2.38. The highest BCUT2D eigenvalue weighted by Gasteiger charge is 2.35. The molecule has 4 aromatic rings. The van der Waals surface area contributed by atoms with Crippen LogP contribution in [0, 0.1) is 12.7 Å². The first kappa shape index (κ1) is 15.1. The van der Waals surface area contributed by atoms with E-state index in [9.17, 15) is 9.18 Å². The minimum absolute atomic E-state index is 0.0496. The van der Waals surface area contributed by atoms with E-state index in [2.05, 4.69) is 15.0 Å². The van der Waals surface area contributed by atoms with Crippen LogP contribution in [0.5, 0.6) is 0 Å². The van der Waals surface area contributed by atoms with E-state index in [1.807, 2.05) is 31.2 Å². The van der Waals surface area contributed by atoms with Crippen LogP contribution in [-0.2, 0) is 0 Å². The van der Waals surface area contributed by atoms with Gasteiger partial charge in [-0.3, -0.25) is 4.79 Å². The van der Waals surface area contributed by atoms with Crippen molar-refractivity contribution in [3.8, 4) is 0 Å². The van der Waals surface area contributed by atoms with E-state index in [-0.39, 0.29) is 17.6 Å². The van der Waals surface area contributed by atoms with Crippen molar-refractivity contribution in [1.82, 2.24) is 19.9 Å². The second kappa shape index (κ2) is 5.42. The van der Waals surface area contributed by atoms with Gasteiger partial charge in [0.05, 0.1) is 17.0 Å². The van der Waals surface area contributed by atoms with Crippen molar-refractivity contribution in [1.29, 1.82) is 0 Å². The molecule has 0 spiro atoms. The Labute approximate surface area is 148 Å². The summed E-state index contributed by atoms with van der Waals surface area (Å²) in [7, 11) is 0. The molecule has 1 amide bonds. The fourth-order valence-corrected chi connectivity index (χ4v) is 3.65. The molecule has 3 heterocycles. The molecule has 5 nitrogen and oxygen atoms in total. The van der Waals surface area contributed by atoms with Gasteiger partial charge in [-0.25, -0.2) is 9.37 Å². The molecule has 0 saturated carbocycles. The molecule has 0 unspecified atom stereocenters. The first-order valence-electron chi connectivity index (χ1n) is 8.62. The van der Waals surface area contributed by atoms with Gasteiger partial charge in [0.15, 0.2) is 0 Å². The lowest BCUT2D eigenvalue weighted by molar-refractivity contribution is 0.0590. The van der Waals surface area contributed by atoms with Gasteiger partial charge in [0.1, 0.15) is 17.3 Å². The zero-order valence-corrected chi connectivity index (χ0v) is 14.2. The van der Waals surface area contributed by atoms with Gasteiger partial charge >= 0.3 is 0 Å². The van der Waals surface area contributed by atoms with Gasteiger partial charge in [-0.15, -0.1) is 0 Å². The van der Waals surface area contributed by atoms with E-state index in [1.54, 1.807) is 11.0 Å². The van der Waals surface area contributed by atoms with Crippen molar-refractivity contribution in [2.45, 2.75) is 12.8 Å². The molecule has 5 rings (SSSR count). The lowest BCUT2D eigenvalue weighted by atomic mass is 9.98. The van der Waals surface area contributed by atoms with E-state index >= 15 is 0 Å². The van der Waals surface area contributed by atoms with E-state index in [1.165, 1.54) is 12.1 Å². The Kier molecular flexibility index (Phi) is 3.16.